The van der Waals surface area contributed by atoms with Crippen LogP contribution in [0.25, 0.3) is 0 Å². The molecule has 2 aromatic carbocycles. The Bertz CT molecular complexity index is 582. The first-order valence-electron chi connectivity index (χ1n) is 6.41. The van der Waals surface area contributed by atoms with Gasteiger partial charge in [0, 0.05) is 24.8 Å². The van der Waals surface area contributed by atoms with Crippen LogP contribution in [0.4, 0.5) is 14.5 Å². The average Bonchev–Trinajstić information content (AvgIpc) is 2.40. The normalized spacial score (nSPS) is 12.2. The number of hydrogen-bond donors (Lipinski definition) is 1. The number of nitrogens with zero attached hydrogens (tertiary/aromatic N) is 1. The van der Waals surface area contributed by atoms with Gasteiger partial charge < -0.3 is 10.0 Å². The summed E-state index contributed by atoms with van der Waals surface area (Å²) in [6.45, 7) is 2.04. The molecule has 0 amide bonds. The minimum absolute atomic E-state index is 0.275. The van der Waals surface area contributed by atoms with E-state index >= 15 is 0 Å². The fourth-order valence-corrected chi connectivity index (χ4v) is 2.22. The largest absolute Gasteiger partial charge is 0.389 e. The molecule has 1 atom stereocenters. The van der Waals surface area contributed by atoms with Crippen LogP contribution in [0, 0.1) is 11.6 Å². The maximum Gasteiger partial charge on any atom is 0.131 e. The quantitative estimate of drug-likeness (QED) is 0.922. The third-order valence-electron chi connectivity index (χ3n) is 3.19. The second-order valence-electron chi connectivity index (χ2n) is 4.83. The molecule has 0 saturated carbocycles. The Morgan fingerprint density at radius 2 is 1.75 bits per heavy atom. The average molecular weight is 277 g/mol. The second-order valence-corrected chi connectivity index (χ2v) is 4.83. The maximum absolute atomic E-state index is 13.8. The lowest BCUT2D eigenvalue weighted by Gasteiger charge is -2.24. The van der Waals surface area contributed by atoms with Gasteiger partial charge in [0.2, 0.25) is 0 Å². The summed E-state index contributed by atoms with van der Waals surface area (Å²) in [5, 5.41) is 9.72. The zero-order chi connectivity index (χ0) is 14.7. The molecule has 20 heavy (non-hydrogen) atoms. The zero-order valence-electron chi connectivity index (χ0n) is 11.5. The number of benzene rings is 2. The Balaban J connectivity index is 2.27. The second kappa shape index (κ2) is 6.01. The molecule has 0 aliphatic rings. The molecule has 2 aromatic rings. The van der Waals surface area contributed by atoms with Gasteiger partial charge in [-0.25, -0.2) is 8.78 Å². The topological polar surface area (TPSA) is 23.5 Å². The van der Waals surface area contributed by atoms with Crippen LogP contribution in [0.1, 0.15) is 24.2 Å². The Kier molecular flexibility index (Phi) is 4.35. The van der Waals surface area contributed by atoms with Crippen molar-refractivity contribution >= 4 is 5.69 Å². The van der Waals surface area contributed by atoms with Gasteiger partial charge in [-0.05, 0) is 36.8 Å². The molecular formula is C16H17F2NO. The number of aliphatic hydroxyl groups excluding tert-OH is 1. The summed E-state index contributed by atoms with van der Waals surface area (Å²) in [5.74, 6) is -0.713. The fourth-order valence-electron chi connectivity index (χ4n) is 2.22. The highest BCUT2D eigenvalue weighted by Crippen LogP contribution is 2.29. The SMILES string of the molecule is C[C@H](O)c1c(F)cccc1N(C)Cc1ccc(F)cc1. The molecule has 0 spiro atoms. The van der Waals surface area contributed by atoms with Crippen LogP contribution < -0.4 is 4.90 Å². The van der Waals surface area contributed by atoms with Crippen molar-refractivity contribution in [3.63, 3.8) is 0 Å². The standard InChI is InChI=1S/C16H17F2NO/c1-11(20)16-14(18)4-3-5-15(16)19(2)10-12-6-8-13(17)9-7-12/h3-9,11,20H,10H2,1-2H3/t11-/m0/s1. The van der Waals surface area contributed by atoms with Crippen molar-refractivity contribution in [3.8, 4) is 0 Å². The monoisotopic (exact) mass is 277 g/mol. The Hall–Kier alpha value is -1.94. The molecule has 0 aliphatic heterocycles. The van der Waals surface area contributed by atoms with E-state index in [-0.39, 0.29) is 11.4 Å². The molecule has 1 N–H and O–H groups in total. The van der Waals surface area contributed by atoms with Crippen LogP contribution in [-0.2, 0) is 6.54 Å². The number of anilines is 1. The number of halogens is 2. The molecule has 0 bridgehead atoms. The molecule has 0 unspecified atom stereocenters. The summed E-state index contributed by atoms with van der Waals surface area (Å²) in [6.07, 6.45) is -0.887. The van der Waals surface area contributed by atoms with Crippen molar-refractivity contribution in [2.45, 2.75) is 19.6 Å². The van der Waals surface area contributed by atoms with Gasteiger partial charge in [-0.2, -0.15) is 0 Å². The van der Waals surface area contributed by atoms with Gasteiger partial charge in [-0.1, -0.05) is 18.2 Å². The van der Waals surface area contributed by atoms with Gasteiger partial charge in [-0.15, -0.1) is 0 Å². The van der Waals surface area contributed by atoms with Crippen molar-refractivity contribution in [2.24, 2.45) is 0 Å². The third-order valence-corrected chi connectivity index (χ3v) is 3.19. The number of rotatable bonds is 4. The Morgan fingerprint density at radius 1 is 1.10 bits per heavy atom. The highest BCUT2D eigenvalue weighted by atomic mass is 19.1. The Morgan fingerprint density at radius 3 is 2.35 bits per heavy atom. The molecule has 4 heteroatoms. The summed E-state index contributed by atoms with van der Waals surface area (Å²) in [7, 11) is 1.81. The van der Waals surface area contributed by atoms with Crippen LogP contribution in [0.15, 0.2) is 42.5 Å². The van der Waals surface area contributed by atoms with E-state index < -0.39 is 11.9 Å². The smallest absolute Gasteiger partial charge is 0.131 e. The van der Waals surface area contributed by atoms with Gasteiger partial charge in [0.05, 0.1) is 6.10 Å². The predicted octanol–water partition coefficient (Wildman–Crippen LogP) is 3.65. The fraction of sp³-hybridized carbons (Fsp3) is 0.250. The van der Waals surface area contributed by atoms with Crippen LogP contribution in [0.2, 0.25) is 0 Å². The van der Waals surface area contributed by atoms with Crippen LogP contribution in [-0.4, -0.2) is 12.2 Å². The molecule has 0 saturated heterocycles. The highest BCUT2D eigenvalue weighted by molar-refractivity contribution is 5.55. The summed E-state index contributed by atoms with van der Waals surface area (Å²) >= 11 is 0. The molecule has 0 fully saturated rings. The van der Waals surface area contributed by atoms with E-state index in [1.54, 1.807) is 24.3 Å². The number of aliphatic hydroxyl groups is 1. The molecule has 0 heterocycles. The van der Waals surface area contributed by atoms with E-state index in [4.69, 9.17) is 0 Å². The highest BCUT2D eigenvalue weighted by Gasteiger charge is 2.16. The lowest BCUT2D eigenvalue weighted by atomic mass is 10.1. The minimum atomic E-state index is -0.887. The van der Waals surface area contributed by atoms with Gasteiger partial charge in [0.1, 0.15) is 11.6 Å². The van der Waals surface area contributed by atoms with Crippen molar-refractivity contribution in [3.05, 3.63) is 65.2 Å². The summed E-state index contributed by atoms with van der Waals surface area (Å²) in [6, 6.07) is 10.9. The molecule has 2 nitrogen and oxygen atoms in total. The van der Waals surface area contributed by atoms with Gasteiger partial charge >= 0.3 is 0 Å². The van der Waals surface area contributed by atoms with Crippen molar-refractivity contribution < 1.29 is 13.9 Å². The predicted molar refractivity (Wildman–Crippen MR) is 75.5 cm³/mol. The van der Waals surface area contributed by atoms with Gasteiger partial charge in [0.15, 0.2) is 0 Å². The maximum atomic E-state index is 13.8. The zero-order valence-corrected chi connectivity index (χ0v) is 11.5. The molecule has 2 rings (SSSR count). The lowest BCUT2D eigenvalue weighted by Crippen LogP contribution is -2.19. The first-order chi connectivity index (χ1) is 9.49. The van der Waals surface area contributed by atoms with Crippen LogP contribution in [0.3, 0.4) is 0 Å². The number of hydrogen-bond acceptors (Lipinski definition) is 2. The third kappa shape index (κ3) is 3.14. The van der Waals surface area contributed by atoms with E-state index in [0.717, 1.165) is 5.56 Å². The van der Waals surface area contributed by atoms with E-state index in [1.807, 2.05) is 11.9 Å². The van der Waals surface area contributed by atoms with Crippen LogP contribution >= 0.6 is 0 Å². The van der Waals surface area contributed by atoms with Crippen molar-refractivity contribution in [2.75, 3.05) is 11.9 Å². The molecule has 0 aliphatic carbocycles. The van der Waals surface area contributed by atoms with E-state index in [0.29, 0.717) is 12.2 Å². The molecule has 0 aromatic heterocycles. The summed E-state index contributed by atoms with van der Waals surface area (Å²) in [5.41, 5.74) is 1.82. The van der Waals surface area contributed by atoms with E-state index in [9.17, 15) is 13.9 Å². The van der Waals surface area contributed by atoms with Gasteiger partial charge in [0.25, 0.3) is 0 Å². The van der Waals surface area contributed by atoms with Crippen LogP contribution in [0.5, 0.6) is 0 Å². The van der Waals surface area contributed by atoms with E-state index in [1.165, 1.54) is 25.1 Å². The minimum Gasteiger partial charge on any atom is -0.389 e. The summed E-state index contributed by atoms with van der Waals surface area (Å²) in [4.78, 5) is 1.83. The van der Waals surface area contributed by atoms with Crippen molar-refractivity contribution in [1.82, 2.24) is 0 Å². The van der Waals surface area contributed by atoms with Gasteiger partial charge in [-0.3, -0.25) is 0 Å². The molecule has 106 valence electrons. The first-order valence-corrected chi connectivity index (χ1v) is 6.41. The molecular weight excluding hydrogens is 260 g/mol. The van der Waals surface area contributed by atoms with E-state index in [2.05, 4.69) is 0 Å². The molecule has 0 radical (unpaired) electrons. The lowest BCUT2D eigenvalue weighted by molar-refractivity contribution is 0.194. The summed E-state index contributed by atoms with van der Waals surface area (Å²) < 4.78 is 26.7. The first kappa shape index (κ1) is 14.5. The Labute approximate surface area is 117 Å². The van der Waals surface area contributed by atoms with Crippen molar-refractivity contribution in [1.29, 1.82) is 0 Å².